The summed E-state index contributed by atoms with van der Waals surface area (Å²) < 4.78 is 0. The van der Waals surface area contributed by atoms with Gasteiger partial charge in [0.15, 0.2) is 0 Å². The van der Waals surface area contributed by atoms with Crippen molar-refractivity contribution in [2.75, 3.05) is 0 Å². The molecule has 0 atom stereocenters. The van der Waals surface area contributed by atoms with Crippen LogP contribution in [0.2, 0.25) is 0 Å². The average Bonchev–Trinajstić information content (AvgIpc) is 2.43. The summed E-state index contributed by atoms with van der Waals surface area (Å²) in [5.74, 6) is -0.153. The monoisotopic (exact) mass is 322 g/mol. The number of hydrogen-bond acceptors (Lipinski definition) is 1. The third-order valence-corrected chi connectivity index (χ3v) is 4.03. The van der Waals surface area contributed by atoms with Crippen molar-refractivity contribution in [3.8, 4) is 0 Å². The van der Waals surface area contributed by atoms with E-state index in [1.54, 1.807) is 0 Å². The maximum Gasteiger partial charge on any atom is 0.217 e. The Hall–Kier alpha value is 1.11. The van der Waals surface area contributed by atoms with Crippen molar-refractivity contribution < 1.29 is 4.79 Å². The Bertz CT molecular complexity index is 209. The van der Waals surface area contributed by atoms with Gasteiger partial charge in [-0.2, -0.15) is 0 Å². The molecule has 0 spiro atoms. The van der Waals surface area contributed by atoms with Crippen LogP contribution in [0.5, 0.6) is 0 Å². The standard InChI is InChI=1S/C18H37NO.K/c1-2-3-4-5-6-7-8-9-10-11-12-13-14-15-16-17-18(19)20;/h2-17H2,1H3,(H2,19,20);. The second-order valence-corrected chi connectivity index (χ2v) is 6.17. The van der Waals surface area contributed by atoms with Gasteiger partial charge in [0.25, 0.3) is 0 Å². The van der Waals surface area contributed by atoms with Crippen molar-refractivity contribution in [2.24, 2.45) is 5.73 Å². The normalized spacial score (nSPS) is 10.3. The number of rotatable bonds is 16. The molecule has 0 bridgehead atoms. The van der Waals surface area contributed by atoms with Gasteiger partial charge in [-0.05, 0) is 6.42 Å². The summed E-state index contributed by atoms with van der Waals surface area (Å²) >= 11 is 0. The summed E-state index contributed by atoms with van der Waals surface area (Å²) in [7, 11) is 0. The molecule has 0 aromatic rings. The minimum atomic E-state index is -0.153. The molecular weight excluding hydrogens is 285 g/mol. The molecular formula is C18H37KNO. The zero-order valence-electron chi connectivity index (χ0n) is 14.8. The molecule has 0 aliphatic carbocycles. The van der Waals surface area contributed by atoms with E-state index in [4.69, 9.17) is 5.73 Å². The van der Waals surface area contributed by atoms with Gasteiger partial charge in [0, 0.05) is 57.8 Å². The molecule has 3 heteroatoms. The van der Waals surface area contributed by atoms with Crippen LogP contribution in [0.15, 0.2) is 0 Å². The van der Waals surface area contributed by atoms with Crippen molar-refractivity contribution in [1.82, 2.24) is 0 Å². The van der Waals surface area contributed by atoms with Crippen LogP contribution in [0.4, 0.5) is 0 Å². The molecule has 2 N–H and O–H groups in total. The molecule has 1 amide bonds. The number of carbonyl (C=O) groups excluding carboxylic acids is 1. The van der Waals surface area contributed by atoms with Crippen LogP contribution in [0.25, 0.3) is 0 Å². The molecule has 21 heavy (non-hydrogen) atoms. The molecule has 0 fully saturated rings. The molecule has 0 aliphatic rings. The number of nitrogens with two attached hydrogens (primary N) is 1. The second-order valence-electron chi connectivity index (χ2n) is 6.17. The average molecular weight is 323 g/mol. The van der Waals surface area contributed by atoms with Crippen LogP contribution in [0, 0.1) is 0 Å². The van der Waals surface area contributed by atoms with Gasteiger partial charge in [0.05, 0.1) is 0 Å². The first-order valence-electron chi connectivity index (χ1n) is 9.05. The van der Waals surface area contributed by atoms with Crippen LogP contribution in [-0.4, -0.2) is 57.3 Å². The smallest absolute Gasteiger partial charge is 0.217 e. The Labute approximate surface area is 175 Å². The molecule has 1 radical (unpaired) electrons. The molecule has 0 saturated heterocycles. The Morgan fingerprint density at radius 2 is 0.905 bits per heavy atom. The summed E-state index contributed by atoms with van der Waals surface area (Å²) in [6.07, 6.45) is 20.9. The molecule has 121 valence electrons. The summed E-state index contributed by atoms with van der Waals surface area (Å²) in [6, 6.07) is 0. The topological polar surface area (TPSA) is 43.1 Å². The van der Waals surface area contributed by atoms with Gasteiger partial charge >= 0.3 is 0 Å². The first kappa shape index (κ1) is 24.4. The zero-order valence-corrected chi connectivity index (χ0v) is 17.9. The van der Waals surface area contributed by atoms with Crippen LogP contribution in [0.1, 0.15) is 110 Å². The Morgan fingerprint density at radius 3 is 1.19 bits per heavy atom. The van der Waals surface area contributed by atoms with E-state index in [2.05, 4.69) is 6.92 Å². The predicted octanol–water partition coefficient (Wildman–Crippen LogP) is 5.35. The van der Waals surface area contributed by atoms with E-state index in [1.165, 1.54) is 89.9 Å². The molecule has 0 rings (SSSR count). The van der Waals surface area contributed by atoms with E-state index in [9.17, 15) is 4.79 Å². The number of amides is 1. The maximum atomic E-state index is 10.6. The van der Waals surface area contributed by atoms with Crippen LogP contribution >= 0.6 is 0 Å². The van der Waals surface area contributed by atoms with E-state index in [0.29, 0.717) is 6.42 Å². The minimum absolute atomic E-state index is 0. The van der Waals surface area contributed by atoms with Crippen LogP contribution in [-0.2, 0) is 4.79 Å². The van der Waals surface area contributed by atoms with Crippen molar-refractivity contribution in [3.05, 3.63) is 0 Å². The number of unbranched alkanes of at least 4 members (excludes halogenated alkanes) is 14. The third-order valence-electron chi connectivity index (χ3n) is 4.03. The summed E-state index contributed by atoms with van der Waals surface area (Å²) in [5, 5.41) is 0. The van der Waals surface area contributed by atoms with Gasteiger partial charge in [-0.1, -0.05) is 96.8 Å². The predicted molar refractivity (Wildman–Crippen MR) is 94.5 cm³/mol. The van der Waals surface area contributed by atoms with Crippen molar-refractivity contribution >= 4 is 57.3 Å². The SMILES string of the molecule is CCCCCCCCCCCCCCCCCC(N)=O.[K]. The maximum absolute atomic E-state index is 10.6. The Kier molecular flexibility index (Phi) is 24.5. The fourth-order valence-corrected chi connectivity index (χ4v) is 2.67. The quantitative estimate of drug-likeness (QED) is 0.302. The summed E-state index contributed by atoms with van der Waals surface area (Å²) in [6.45, 7) is 2.28. The third kappa shape index (κ3) is 23.5. The van der Waals surface area contributed by atoms with Gasteiger partial charge in [-0.25, -0.2) is 0 Å². The van der Waals surface area contributed by atoms with Gasteiger partial charge in [-0.15, -0.1) is 0 Å². The number of hydrogen-bond donors (Lipinski definition) is 1. The first-order valence-corrected chi connectivity index (χ1v) is 9.05. The molecule has 0 unspecified atom stereocenters. The van der Waals surface area contributed by atoms with E-state index >= 15 is 0 Å². The Morgan fingerprint density at radius 1 is 0.619 bits per heavy atom. The molecule has 0 aliphatic heterocycles. The fraction of sp³-hybridized carbons (Fsp3) is 0.944. The molecule has 2 nitrogen and oxygen atoms in total. The minimum Gasteiger partial charge on any atom is -0.370 e. The van der Waals surface area contributed by atoms with Gasteiger partial charge in [0.1, 0.15) is 0 Å². The Balaban J connectivity index is 0. The van der Waals surface area contributed by atoms with E-state index in [-0.39, 0.29) is 57.3 Å². The van der Waals surface area contributed by atoms with E-state index < -0.39 is 0 Å². The number of primary amides is 1. The first-order chi connectivity index (χ1) is 9.77. The van der Waals surface area contributed by atoms with E-state index in [1.807, 2.05) is 0 Å². The molecule has 0 aromatic carbocycles. The number of carbonyl (C=O) groups is 1. The summed E-state index contributed by atoms with van der Waals surface area (Å²) in [5.41, 5.74) is 5.11. The second kappa shape index (κ2) is 21.1. The van der Waals surface area contributed by atoms with Crippen LogP contribution < -0.4 is 5.73 Å². The molecule has 0 heterocycles. The van der Waals surface area contributed by atoms with Crippen molar-refractivity contribution in [2.45, 2.75) is 110 Å². The fourth-order valence-electron chi connectivity index (χ4n) is 2.67. The largest absolute Gasteiger partial charge is 0.370 e. The molecule has 0 aromatic heterocycles. The van der Waals surface area contributed by atoms with E-state index in [0.717, 1.165) is 6.42 Å². The van der Waals surface area contributed by atoms with Crippen molar-refractivity contribution in [1.29, 1.82) is 0 Å². The summed E-state index contributed by atoms with van der Waals surface area (Å²) in [4.78, 5) is 10.6. The zero-order chi connectivity index (χ0) is 14.9. The van der Waals surface area contributed by atoms with Crippen molar-refractivity contribution in [3.63, 3.8) is 0 Å². The molecule has 0 saturated carbocycles. The van der Waals surface area contributed by atoms with Gasteiger partial charge < -0.3 is 5.73 Å². The van der Waals surface area contributed by atoms with Gasteiger partial charge in [-0.3, -0.25) is 4.79 Å². The van der Waals surface area contributed by atoms with Gasteiger partial charge in [0.2, 0.25) is 5.91 Å². The van der Waals surface area contributed by atoms with Crippen LogP contribution in [0.3, 0.4) is 0 Å².